The predicted molar refractivity (Wildman–Crippen MR) is 71.5 cm³/mol. The van der Waals surface area contributed by atoms with Gasteiger partial charge in [0, 0.05) is 19.0 Å². The van der Waals surface area contributed by atoms with Crippen LogP contribution in [0.4, 0.5) is 0 Å². The first-order valence-electron chi connectivity index (χ1n) is 7.31. The highest BCUT2D eigenvalue weighted by Gasteiger charge is 2.27. The van der Waals surface area contributed by atoms with Gasteiger partial charge in [-0.05, 0) is 39.7 Å². The molecule has 0 bridgehead atoms. The maximum Gasteiger partial charge on any atom is 0.223 e. The molecule has 0 aliphatic carbocycles. The van der Waals surface area contributed by atoms with Gasteiger partial charge in [-0.1, -0.05) is 6.42 Å². The summed E-state index contributed by atoms with van der Waals surface area (Å²) in [6, 6.07) is 0.782. The lowest BCUT2D eigenvalue weighted by Crippen LogP contribution is -2.50. The molecule has 0 saturated carbocycles. The van der Waals surface area contributed by atoms with Gasteiger partial charge in [0.2, 0.25) is 5.91 Å². The van der Waals surface area contributed by atoms with Crippen LogP contribution in [-0.4, -0.2) is 48.7 Å². The summed E-state index contributed by atoms with van der Waals surface area (Å²) in [5, 5.41) is 3.50. The van der Waals surface area contributed by atoms with Crippen molar-refractivity contribution < 1.29 is 9.53 Å². The third-order valence-electron chi connectivity index (χ3n) is 4.05. The van der Waals surface area contributed by atoms with Crippen LogP contribution in [0.5, 0.6) is 0 Å². The van der Waals surface area contributed by atoms with Crippen molar-refractivity contribution in [3.05, 3.63) is 0 Å². The Morgan fingerprint density at radius 1 is 1.39 bits per heavy atom. The molecule has 0 radical (unpaired) electrons. The molecular weight excluding hydrogens is 228 g/mol. The Labute approximate surface area is 110 Å². The van der Waals surface area contributed by atoms with Gasteiger partial charge in [-0.3, -0.25) is 4.79 Å². The van der Waals surface area contributed by atoms with E-state index in [1.54, 1.807) is 0 Å². The maximum absolute atomic E-state index is 12.2. The first kappa shape index (κ1) is 13.8. The van der Waals surface area contributed by atoms with Crippen molar-refractivity contribution in [2.45, 2.75) is 64.1 Å². The molecule has 2 aliphatic rings. The summed E-state index contributed by atoms with van der Waals surface area (Å²) in [4.78, 5) is 14.2. The molecular formula is C14H26N2O2. The fourth-order valence-corrected chi connectivity index (χ4v) is 2.86. The molecule has 0 aromatic heterocycles. The predicted octanol–water partition coefficient (Wildman–Crippen LogP) is 1.54. The van der Waals surface area contributed by atoms with E-state index in [9.17, 15) is 4.79 Å². The molecule has 1 amide bonds. The second kappa shape index (κ2) is 6.53. The van der Waals surface area contributed by atoms with Crippen LogP contribution in [0.25, 0.3) is 0 Å². The number of hydrogen-bond donors (Lipinski definition) is 1. The first-order chi connectivity index (χ1) is 8.66. The van der Waals surface area contributed by atoms with Gasteiger partial charge in [-0.15, -0.1) is 0 Å². The Balaban J connectivity index is 1.75. The molecule has 0 spiro atoms. The highest BCUT2D eigenvalue weighted by molar-refractivity contribution is 5.76. The van der Waals surface area contributed by atoms with E-state index in [-0.39, 0.29) is 12.1 Å². The summed E-state index contributed by atoms with van der Waals surface area (Å²) in [7, 11) is 0. The summed E-state index contributed by atoms with van der Waals surface area (Å²) >= 11 is 0. The molecule has 104 valence electrons. The van der Waals surface area contributed by atoms with Crippen molar-refractivity contribution >= 4 is 5.91 Å². The van der Waals surface area contributed by atoms with Crippen LogP contribution in [-0.2, 0) is 9.53 Å². The smallest absolute Gasteiger partial charge is 0.223 e. The average Bonchev–Trinajstić information content (AvgIpc) is 2.40. The highest BCUT2D eigenvalue weighted by Crippen LogP contribution is 2.16. The fourth-order valence-electron chi connectivity index (χ4n) is 2.86. The topological polar surface area (TPSA) is 41.6 Å². The summed E-state index contributed by atoms with van der Waals surface area (Å²) in [5.41, 5.74) is 0. The lowest BCUT2D eigenvalue weighted by molar-refractivity contribution is -0.143. The molecule has 4 heteroatoms. The summed E-state index contributed by atoms with van der Waals surface area (Å²) < 4.78 is 5.56. The van der Waals surface area contributed by atoms with Crippen molar-refractivity contribution in [2.75, 3.05) is 19.7 Å². The standard InChI is InChI=1S/C14H26N2O2/c1-11-10-18-12(2)9-16(11)14(17)7-6-13-5-3-4-8-15-13/h11-13,15H,3-10H2,1-2H3. The maximum atomic E-state index is 12.2. The minimum absolute atomic E-state index is 0.179. The summed E-state index contributed by atoms with van der Waals surface area (Å²) in [6.07, 6.45) is 5.64. The van der Waals surface area contributed by atoms with E-state index in [1.165, 1.54) is 19.3 Å². The normalized spacial score (nSPS) is 33.4. The van der Waals surface area contributed by atoms with Gasteiger partial charge in [-0.25, -0.2) is 0 Å². The molecule has 1 N–H and O–H groups in total. The van der Waals surface area contributed by atoms with E-state index >= 15 is 0 Å². The molecule has 2 rings (SSSR count). The van der Waals surface area contributed by atoms with Crippen LogP contribution in [0.2, 0.25) is 0 Å². The van der Waals surface area contributed by atoms with Crippen LogP contribution in [0.15, 0.2) is 0 Å². The second-order valence-corrected chi connectivity index (χ2v) is 5.72. The number of nitrogens with one attached hydrogen (secondary N) is 1. The summed E-state index contributed by atoms with van der Waals surface area (Å²) in [5.74, 6) is 0.296. The summed E-state index contributed by atoms with van der Waals surface area (Å²) in [6.45, 7) is 6.65. The zero-order valence-corrected chi connectivity index (χ0v) is 11.7. The van der Waals surface area contributed by atoms with Crippen molar-refractivity contribution in [1.29, 1.82) is 0 Å². The van der Waals surface area contributed by atoms with E-state index in [4.69, 9.17) is 4.74 Å². The molecule has 4 nitrogen and oxygen atoms in total. The van der Waals surface area contributed by atoms with E-state index < -0.39 is 0 Å². The Morgan fingerprint density at radius 2 is 2.22 bits per heavy atom. The minimum atomic E-state index is 0.179. The van der Waals surface area contributed by atoms with Crippen molar-refractivity contribution in [3.63, 3.8) is 0 Å². The molecule has 0 aromatic carbocycles. The van der Waals surface area contributed by atoms with Gasteiger partial charge < -0.3 is 15.0 Å². The number of ether oxygens (including phenoxy) is 1. The Hall–Kier alpha value is -0.610. The third-order valence-corrected chi connectivity index (χ3v) is 4.05. The first-order valence-corrected chi connectivity index (χ1v) is 7.31. The molecule has 2 aliphatic heterocycles. The number of carbonyl (C=O) groups excluding carboxylic acids is 1. The lowest BCUT2D eigenvalue weighted by Gasteiger charge is -2.37. The average molecular weight is 254 g/mol. The van der Waals surface area contributed by atoms with E-state index in [0.717, 1.165) is 19.5 Å². The molecule has 2 saturated heterocycles. The number of morpholine rings is 1. The molecule has 2 fully saturated rings. The van der Waals surface area contributed by atoms with Crippen molar-refractivity contribution in [3.8, 4) is 0 Å². The Morgan fingerprint density at radius 3 is 2.94 bits per heavy atom. The van der Waals surface area contributed by atoms with Gasteiger partial charge in [0.1, 0.15) is 0 Å². The van der Waals surface area contributed by atoms with E-state index in [2.05, 4.69) is 12.2 Å². The molecule has 2 heterocycles. The highest BCUT2D eigenvalue weighted by atomic mass is 16.5. The van der Waals surface area contributed by atoms with Crippen LogP contribution in [0, 0.1) is 0 Å². The number of piperidine rings is 1. The van der Waals surface area contributed by atoms with Gasteiger partial charge in [0.15, 0.2) is 0 Å². The number of hydrogen-bond acceptors (Lipinski definition) is 3. The third kappa shape index (κ3) is 3.69. The number of rotatable bonds is 3. The number of amides is 1. The monoisotopic (exact) mass is 254 g/mol. The van der Waals surface area contributed by atoms with Gasteiger partial charge >= 0.3 is 0 Å². The molecule has 0 aromatic rings. The minimum Gasteiger partial charge on any atom is -0.375 e. The zero-order chi connectivity index (χ0) is 13.0. The van der Waals surface area contributed by atoms with Gasteiger partial charge in [-0.2, -0.15) is 0 Å². The molecule has 18 heavy (non-hydrogen) atoms. The molecule has 3 atom stereocenters. The van der Waals surface area contributed by atoms with Gasteiger partial charge in [0.05, 0.1) is 18.8 Å². The Kier molecular flexibility index (Phi) is 5.01. The van der Waals surface area contributed by atoms with E-state index in [1.807, 2.05) is 11.8 Å². The fraction of sp³-hybridized carbons (Fsp3) is 0.929. The van der Waals surface area contributed by atoms with Crippen LogP contribution >= 0.6 is 0 Å². The quantitative estimate of drug-likeness (QED) is 0.831. The van der Waals surface area contributed by atoms with Crippen molar-refractivity contribution in [2.24, 2.45) is 0 Å². The van der Waals surface area contributed by atoms with E-state index in [0.29, 0.717) is 25.0 Å². The van der Waals surface area contributed by atoms with Crippen LogP contribution in [0.3, 0.4) is 0 Å². The Bertz CT molecular complexity index is 277. The number of nitrogens with zero attached hydrogens (tertiary/aromatic N) is 1. The zero-order valence-electron chi connectivity index (χ0n) is 11.7. The van der Waals surface area contributed by atoms with Crippen LogP contribution < -0.4 is 5.32 Å². The van der Waals surface area contributed by atoms with Gasteiger partial charge in [0.25, 0.3) is 0 Å². The van der Waals surface area contributed by atoms with Crippen LogP contribution in [0.1, 0.15) is 46.0 Å². The number of carbonyl (C=O) groups is 1. The largest absolute Gasteiger partial charge is 0.375 e. The SMILES string of the molecule is CC1CN(C(=O)CCC2CCCCN2)C(C)CO1. The van der Waals surface area contributed by atoms with Crippen molar-refractivity contribution in [1.82, 2.24) is 10.2 Å². The second-order valence-electron chi connectivity index (χ2n) is 5.72. The lowest BCUT2D eigenvalue weighted by atomic mass is 10.00. The molecule has 3 unspecified atom stereocenters.